The molecule has 0 saturated heterocycles. The van der Waals surface area contributed by atoms with E-state index in [1.807, 2.05) is 49.4 Å². The van der Waals surface area contributed by atoms with Gasteiger partial charge in [-0.05, 0) is 35.7 Å². The van der Waals surface area contributed by atoms with E-state index in [1.165, 1.54) is 0 Å². The molecule has 0 aliphatic carbocycles. The smallest absolute Gasteiger partial charge is 0.229 e. The number of carbonyl (C=O) groups excluding carboxylic acids is 1. The molecule has 3 rings (SSSR count). The lowest BCUT2D eigenvalue weighted by atomic mass is 10.1. The standard InChI is InChI=1S/C20H20BrN3O2/c1-14-7-8-15(11-18(14)26-2)12-20(25)23-19-9-10-22-24(19)13-16-5-3-4-6-17(16)21/h3-11H,12-13H2,1-2H3,(H,23,25). The normalized spacial score (nSPS) is 10.6. The van der Waals surface area contributed by atoms with E-state index in [2.05, 4.69) is 26.3 Å². The SMILES string of the molecule is COc1cc(CC(=O)Nc2ccnn2Cc2ccccc2Br)ccc1C. The first-order valence-corrected chi connectivity index (χ1v) is 9.04. The molecule has 5 nitrogen and oxygen atoms in total. The van der Waals surface area contributed by atoms with Crippen LogP contribution in [-0.4, -0.2) is 22.8 Å². The molecule has 1 aromatic heterocycles. The summed E-state index contributed by atoms with van der Waals surface area (Å²) in [6.45, 7) is 2.55. The number of ether oxygens (including phenoxy) is 1. The topological polar surface area (TPSA) is 56.1 Å². The van der Waals surface area contributed by atoms with E-state index in [4.69, 9.17) is 4.74 Å². The molecule has 1 heterocycles. The minimum atomic E-state index is -0.0928. The largest absolute Gasteiger partial charge is 0.496 e. The molecular formula is C20H20BrN3O2. The second-order valence-electron chi connectivity index (χ2n) is 5.99. The molecule has 3 aromatic rings. The summed E-state index contributed by atoms with van der Waals surface area (Å²) in [4.78, 5) is 12.4. The van der Waals surface area contributed by atoms with Crippen molar-refractivity contribution < 1.29 is 9.53 Å². The number of aromatic nitrogens is 2. The Labute approximate surface area is 161 Å². The lowest BCUT2D eigenvalue weighted by Gasteiger charge is -2.11. The van der Waals surface area contributed by atoms with Gasteiger partial charge >= 0.3 is 0 Å². The van der Waals surface area contributed by atoms with Crippen molar-refractivity contribution in [2.24, 2.45) is 0 Å². The van der Waals surface area contributed by atoms with Gasteiger partial charge in [0.05, 0.1) is 26.3 Å². The molecule has 0 aliphatic heterocycles. The highest BCUT2D eigenvalue weighted by molar-refractivity contribution is 9.10. The van der Waals surface area contributed by atoms with Crippen LogP contribution < -0.4 is 10.1 Å². The number of halogens is 1. The van der Waals surface area contributed by atoms with Crippen molar-refractivity contribution in [1.82, 2.24) is 9.78 Å². The third kappa shape index (κ3) is 4.32. The Morgan fingerprint density at radius 2 is 2.04 bits per heavy atom. The van der Waals surface area contributed by atoms with Crippen LogP contribution in [0.5, 0.6) is 5.75 Å². The first-order valence-electron chi connectivity index (χ1n) is 8.25. The molecule has 134 valence electrons. The number of amides is 1. The molecule has 0 spiro atoms. The Bertz CT molecular complexity index is 921. The zero-order chi connectivity index (χ0) is 18.5. The van der Waals surface area contributed by atoms with E-state index in [1.54, 1.807) is 24.1 Å². The molecule has 0 saturated carbocycles. The average Bonchev–Trinajstić information content (AvgIpc) is 3.05. The number of hydrogen-bond acceptors (Lipinski definition) is 3. The third-order valence-corrected chi connectivity index (χ3v) is 4.87. The monoisotopic (exact) mass is 413 g/mol. The van der Waals surface area contributed by atoms with Gasteiger partial charge in [-0.1, -0.05) is 46.3 Å². The summed E-state index contributed by atoms with van der Waals surface area (Å²) in [5, 5.41) is 7.25. The van der Waals surface area contributed by atoms with Crippen molar-refractivity contribution >= 4 is 27.7 Å². The highest BCUT2D eigenvalue weighted by Gasteiger charge is 2.11. The quantitative estimate of drug-likeness (QED) is 0.658. The van der Waals surface area contributed by atoms with Crippen LogP contribution in [0.25, 0.3) is 0 Å². The van der Waals surface area contributed by atoms with Gasteiger partial charge in [0.25, 0.3) is 0 Å². The third-order valence-electron chi connectivity index (χ3n) is 4.10. The van der Waals surface area contributed by atoms with E-state index >= 15 is 0 Å². The number of nitrogens with one attached hydrogen (secondary N) is 1. The Kier molecular flexibility index (Phi) is 5.73. The van der Waals surface area contributed by atoms with E-state index < -0.39 is 0 Å². The van der Waals surface area contributed by atoms with Crippen molar-refractivity contribution in [3.63, 3.8) is 0 Å². The van der Waals surface area contributed by atoms with Crippen LogP contribution in [0.15, 0.2) is 59.2 Å². The van der Waals surface area contributed by atoms with Gasteiger partial charge in [0, 0.05) is 10.5 Å². The maximum absolute atomic E-state index is 12.4. The second kappa shape index (κ2) is 8.19. The van der Waals surface area contributed by atoms with Crippen LogP contribution in [0.2, 0.25) is 0 Å². The second-order valence-corrected chi connectivity index (χ2v) is 6.85. The summed E-state index contributed by atoms with van der Waals surface area (Å²) in [7, 11) is 1.63. The summed E-state index contributed by atoms with van der Waals surface area (Å²) < 4.78 is 8.10. The molecule has 1 N–H and O–H groups in total. The van der Waals surface area contributed by atoms with Crippen LogP contribution in [-0.2, 0) is 17.8 Å². The Morgan fingerprint density at radius 3 is 2.81 bits per heavy atom. The number of aryl methyl sites for hydroxylation is 1. The molecule has 0 aliphatic rings. The van der Waals surface area contributed by atoms with Crippen LogP contribution >= 0.6 is 15.9 Å². The number of methoxy groups -OCH3 is 1. The Hall–Kier alpha value is -2.60. The van der Waals surface area contributed by atoms with Gasteiger partial charge in [-0.15, -0.1) is 0 Å². The van der Waals surface area contributed by atoms with Crippen LogP contribution in [0.3, 0.4) is 0 Å². The molecule has 2 aromatic carbocycles. The van der Waals surface area contributed by atoms with Gasteiger partial charge in [-0.2, -0.15) is 5.10 Å². The molecule has 0 unspecified atom stereocenters. The highest BCUT2D eigenvalue weighted by Crippen LogP contribution is 2.21. The van der Waals surface area contributed by atoms with Gasteiger partial charge in [0.15, 0.2) is 0 Å². The molecule has 0 fully saturated rings. The van der Waals surface area contributed by atoms with E-state index in [0.29, 0.717) is 12.4 Å². The van der Waals surface area contributed by atoms with Crippen molar-refractivity contribution in [1.29, 1.82) is 0 Å². The van der Waals surface area contributed by atoms with Crippen molar-refractivity contribution in [3.05, 3.63) is 75.9 Å². The zero-order valence-corrected chi connectivity index (χ0v) is 16.3. The Balaban J connectivity index is 1.69. The Morgan fingerprint density at radius 1 is 1.23 bits per heavy atom. The summed E-state index contributed by atoms with van der Waals surface area (Å²) in [5.41, 5.74) is 3.04. The number of anilines is 1. The van der Waals surface area contributed by atoms with Crippen molar-refractivity contribution in [3.8, 4) is 5.75 Å². The predicted octanol–water partition coefficient (Wildman–Crippen LogP) is 4.19. The molecule has 6 heteroatoms. The lowest BCUT2D eigenvalue weighted by Crippen LogP contribution is -2.18. The molecule has 1 amide bonds. The predicted molar refractivity (Wildman–Crippen MR) is 106 cm³/mol. The van der Waals surface area contributed by atoms with Gasteiger partial charge in [0.1, 0.15) is 11.6 Å². The zero-order valence-electron chi connectivity index (χ0n) is 14.7. The summed E-state index contributed by atoms with van der Waals surface area (Å²) in [5.74, 6) is 1.36. The number of benzene rings is 2. The first kappa shape index (κ1) is 18.2. The fourth-order valence-corrected chi connectivity index (χ4v) is 3.11. The lowest BCUT2D eigenvalue weighted by molar-refractivity contribution is -0.115. The van der Waals surface area contributed by atoms with Crippen LogP contribution in [0, 0.1) is 6.92 Å². The van der Waals surface area contributed by atoms with Crippen molar-refractivity contribution in [2.75, 3.05) is 12.4 Å². The molecule has 0 bridgehead atoms. The average molecular weight is 414 g/mol. The first-order chi connectivity index (χ1) is 12.6. The van der Waals surface area contributed by atoms with E-state index in [0.717, 1.165) is 26.9 Å². The van der Waals surface area contributed by atoms with Gasteiger partial charge in [-0.25, -0.2) is 4.68 Å². The van der Waals surface area contributed by atoms with E-state index in [9.17, 15) is 4.79 Å². The van der Waals surface area contributed by atoms with Crippen LogP contribution in [0.4, 0.5) is 5.82 Å². The minimum Gasteiger partial charge on any atom is -0.496 e. The summed E-state index contributed by atoms with van der Waals surface area (Å²) >= 11 is 3.54. The van der Waals surface area contributed by atoms with Gasteiger partial charge in [-0.3, -0.25) is 4.79 Å². The van der Waals surface area contributed by atoms with Crippen molar-refractivity contribution in [2.45, 2.75) is 19.9 Å². The highest BCUT2D eigenvalue weighted by atomic mass is 79.9. The number of carbonyl (C=O) groups is 1. The molecular weight excluding hydrogens is 394 g/mol. The number of hydrogen-bond donors (Lipinski definition) is 1. The summed E-state index contributed by atoms with van der Waals surface area (Å²) in [6, 6.07) is 15.5. The maximum atomic E-state index is 12.4. The van der Waals surface area contributed by atoms with Gasteiger partial charge < -0.3 is 10.1 Å². The number of nitrogens with zero attached hydrogens (tertiary/aromatic N) is 2. The number of rotatable bonds is 6. The maximum Gasteiger partial charge on any atom is 0.229 e. The molecule has 0 radical (unpaired) electrons. The summed E-state index contributed by atoms with van der Waals surface area (Å²) in [6.07, 6.45) is 1.96. The van der Waals surface area contributed by atoms with Gasteiger partial charge in [0.2, 0.25) is 5.91 Å². The fraction of sp³-hybridized carbons (Fsp3) is 0.200. The fourth-order valence-electron chi connectivity index (χ4n) is 2.70. The molecule has 0 atom stereocenters. The van der Waals surface area contributed by atoms with Crippen LogP contribution in [0.1, 0.15) is 16.7 Å². The molecule has 26 heavy (non-hydrogen) atoms. The minimum absolute atomic E-state index is 0.0928. The van der Waals surface area contributed by atoms with E-state index in [-0.39, 0.29) is 12.3 Å².